The van der Waals surface area contributed by atoms with Crippen molar-refractivity contribution in [3.63, 3.8) is 0 Å². The first-order chi connectivity index (χ1) is 11.1. The lowest BCUT2D eigenvalue weighted by Gasteiger charge is -2.17. The van der Waals surface area contributed by atoms with Crippen molar-refractivity contribution in [2.75, 3.05) is 23.7 Å². The van der Waals surface area contributed by atoms with Crippen molar-refractivity contribution in [1.82, 2.24) is 0 Å². The lowest BCUT2D eigenvalue weighted by atomic mass is 10.1. The van der Waals surface area contributed by atoms with Crippen molar-refractivity contribution in [2.45, 2.75) is 40.2 Å². The summed E-state index contributed by atoms with van der Waals surface area (Å²) in [6.07, 6.45) is 1.22. The van der Waals surface area contributed by atoms with Gasteiger partial charge >= 0.3 is 0 Å². The van der Waals surface area contributed by atoms with Crippen molar-refractivity contribution >= 4 is 11.4 Å². The number of ether oxygens (including phenoxy) is 1. The fourth-order valence-corrected chi connectivity index (χ4v) is 2.63. The van der Waals surface area contributed by atoms with Gasteiger partial charge in [-0.3, -0.25) is 0 Å². The molecule has 0 aliphatic carbocycles. The summed E-state index contributed by atoms with van der Waals surface area (Å²) in [6, 6.07) is 14.6. The van der Waals surface area contributed by atoms with Gasteiger partial charge in [-0.15, -0.1) is 0 Å². The minimum Gasteiger partial charge on any atom is -0.489 e. The van der Waals surface area contributed by atoms with E-state index in [0.717, 1.165) is 30.9 Å². The zero-order valence-corrected chi connectivity index (χ0v) is 14.6. The van der Waals surface area contributed by atoms with Crippen LogP contribution in [0.25, 0.3) is 0 Å². The minimum absolute atomic E-state index is 0.176. The molecule has 0 aliphatic heterocycles. The lowest BCUT2D eigenvalue weighted by molar-refractivity contribution is 0.243. The van der Waals surface area contributed by atoms with Gasteiger partial charge in [0, 0.05) is 18.8 Å². The number of hydrogen-bond donors (Lipinski definition) is 2. The second-order valence-corrected chi connectivity index (χ2v) is 5.98. The van der Waals surface area contributed by atoms with Gasteiger partial charge in [0.05, 0.1) is 11.8 Å². The van der Waals surface area contributed by atoms with Crippen LogP contribution in [0.3, 0.4) is 0 Å². The summed E-state index contributed by atoms with van der Waals surface area (Å²) < 4.78 is 5.83. The van der Waals surface area contributed by atoms with Crippen molar-refractivity contribution in [3.8, 4) is 5.75 Å². The number of hydrogen-bond acceptors (Lipinski definition) is 3. The maximum absolute atomic E-state index is 5.83. The van der Waals surface area contributed by atoms with Crippen molar-refractivity contribution < 1.29 is 4.74 Å². The topological polar surface area (TPSA) is 33.3 Å². The Morgan fingerprint density at radius 2 is 1.70 bits per heavy atom. The van der Waals surface area contributed by atoms with Crippen LogP contribution in [0.2, 0.25) is 0 Å². The fourth-order valence-electron chi connectivity index (χ4n) is 2.63. The van der Waals surface area contributed by atoms with E-state index in [1.54, 1.807) is 0 Å². The van der Waals surface area contributed by atoms with Gasteiger partial charge in [-0.2, -0.15) is 0 Å². The molecule has 0 aromatic heterocycles. The molecule has 0 fully saturated rings. The van der Waals surface area contributed by atoms with E-state index in [0.29, 0.717) is 0 Å². The molecule has 2 rings (SSSR count). The number of nitrogens with one attached hydrogen (secondary N) is 2. The van der Waals surface area contributed by atoms with E-state index in [-0.39, 0.29) is 6.10 Å². The molecule has 0 heterocycles. The summed E-state index contributed by atoms with van der Waals surface area (Å²) in [4.78, 5) is 0. The summed E-state index contributed by atoms with van der Waals surface area (Å²) in [5.74, 6) is 0.910. The van der Waals surface area contributed by atoms with E-state index in [2.05, 4.69) is 48.7 Å². The molecule has 0 atom stereocenters. The summed E-state index contributed by atoms with van der Waals surface area (Å²) in [7, 11) is 0. The smallest absolute Gasteiger partial charge is 0.142 e. The van der Waals surface area contributed by atoms with Crippen LogP contribution in [0, 0.1) is 6.92 Å². The van der Waals surface area contributed by atoms with Gasteiger partial charge in [0.15, 0.2) is 0 Å². The molecule has 2 N–H and O–H groups in total. The third-order valence-corrected chi connectivity index (χ3v) is 3.73. The maximum Gasteiger partial charge on any atom is 0.142 e. The van der Waals surface area contributed by atoms with Crippen molar-refractivity contribution in [3.05, 3.63) is 53.6 Å². The summed E-state index contributed by atoms with van der Waals surface area (Å²) in [5.41, 5.74) is 4.98. The zero-order valence-electron chi connectivity index (χ0n) is 14.6. The van der Waals surface area contributed by atoms with E-state index in [1.165, 1.54) is 16.8 Å². The number of aryl methyl sites for hydroxylation is 2. The predicted octanol–water partition coefficient (Wildman–Crippen LogP) is 4.87. The fraction of sp³-hybridized carbons (Fsp3) is 0.400. The minimum atomic E-state index is 0.176. The van der Waals surface area contributed by atoms with Gasteiger partial charge < -0.3 is 15.4 Å². The molecule has 3 heteroatoms. The second-order valence-electron chi connectivity index (χ2n) is 5.98. The highest BCUT2D eigenvalue weighted by atomic mass is 16.5. The molecular weight excluding hydrogens is 284 g/mol. The Balaban J connectivity index is 1.92. The van der Waals surface area contributed by atoms with Crippen LogP contribution in [-0.2, 0) is 6.42 Å². The first-order valence-electron chi connectivity index (χ1n) is 8.43. The van der Waals surface area contributed by atoms with Gasteiger partial charge in [-0.1, -0.05) is 37.3 Å². The Bertz CT molecular complexity index is 623. The zero-order chi connectivity index (χ0) is 16.7. The number of rotatable bonds is 8. The largest absolute Gasteiger partial charge is 0.489 e. The van der Waals surface area contributed by atoms with Crippen molar-refractivity contribution in [1.29, 1.82) is 0 Å². The second kappa shape index (κ2) is 8.47. The van der Waals surface area contributed by atoms with E-state index in [4.69, 9.17) is 4.74 Å². The van der Waals surface area contributed by atoms with Crippen molar-refractivity contribution in [2.24, 2.45) is 0 Å². The van der Waals surface area contributed by atoms with Crippen LogP contribution in [-0.4, -0.2) is 19.2 Å². The van der Waals surface area contributed by atoms with E-state index in [9.17, 15) is 0 Å². The SMILES string of the molecule is CCc1cccc(C)c1NCCNc1ccccc1OC(C)C. The highest BCUT2D eigenvalue weighted by molar-refractivity contribution is 5.58. The standard InChI is InChI=1S/C20H28N2O/c1-5-17-10-8-9-16(4)20(17)22-14-13-21-18-11-6-7-12-19(18)23-15(2)3/h6-12,15,21-22H,5,13-14H2,1-4H3. The third kappa shape index (κ3) is 4.92. The molecule has 0 bridgehead atoms. The van der Waals surface area contributed by atoms with Crippen LogP contribution >= 0.6 is 0 Å². The molecule has 0 unspecified atom stereocenters. The van der Waals surface area contributed by atoms with Gasteiger partial charge in [0.1, 0.15) is 5.75 Å². The summed E-state index contributed by atoms with van der Waals surface area (Å²) >= 11 is 0. The Morgan fingerprint density at radius 1 is 0.957 bits per heavy atom. The molecule has 0 aliphatic rings. The average molecular weight is 312 g/mol. The highest BCUT2D eigenvalue weighted by Crippen LogP contribution is 2.25. The van der Waals surface area contributed by atoms with Crippen LogP contribution in [0.15, 0.2) is 42.5 Å². The van der Waals surface area contributed by atoms with Crippen LogP contribution in [0.1, 0.15) is 31.9 Å². The third-order valence-electron chi connectivity index (χ3n) is 3.73. The molecule has 124 valence electrons. The van der Waals surface area contributed by atoms with E-state index >= 15 is 0 Å². The van der Waals surface area contributed by atoms with Crippen LogP contribution < -0.4 is 15.4 Å². The molecule has 3 nitrogen and oxygen atoms in total. The van der Waals surface area contributed by atoms with E-state index < -0.39 is 0 Å². The summed E-state index contributed by atoms with van der Waals surface area (Å²) in [5, 5.41) is 7.02. The lowest BCUT2D eigenvalue weighted by Crippen LogP contribution is -2.16. The van der Waals surface area contributed by atoms with Gasteiger partial charge in [0.25, 0.3) is 0 Å². The number of anilines is 2. The quantitative estimate of drug-likeness (QED) is 0.682. The Hall–Kier alpha value is -2.16. The molecule has 0 saturated carbocycles. The predicted molar refractivity (Wildman–Crippen MR) is 99.7 cm³/mol. The molecule has 2 aromatic carbocycles. The molecule has 0 radical (unpaired) electrons. The first-order valence-corrected chi connectivity index (χ1v) is 8.43. The Kier molecular flexibility index (Phi) is 6.33. The van der Waals surface area contributed by atoms with Crippen LogP contribution in [0.5, 0.6) is 5.75 Å². The van der Waals surface area contributed by atoms with E-state index in [1.807, 2.05) is 32.0 Å². The summed E-state index contributed by atoms with van der Waals surface area (Å²) in [6.45, 7) is 10.1. The van der Waals surface area contributed by atoms with Gasteiger partial charge in [-0.25, -0.2) is 0 Å². The number of benzene rings is 2. The molecule has 23 heavy (non-hydrogen) atoms. The van der Waals surface area contributed by atoms with Gasteiger partial charge in [-0.05, 0) is 50.5 Å². The highest BCUT2D eigenvalue weighted by Gasteiger charge is 2.05. The van der Waals surface area contributed by atoms with Gasteiger partial charge in [0.2, 0.25) is 0 Å². The normalized spacial score (nSPS) is 10.7. The van der Waals surface area contributed by atoms with Crippen LogP contribution in [0.4, 0.5) is 11.4 Å². The molecule has 2 aromatic rings. The molecular formula is C20H28N2O. The molecule has 0 spiro atoms. The molecule has 0 saturated heterocycles. The number of para-hydroxylation sites is 3. The monoisotopic (exact) mass is 312 g/mol. The average Bonchev–Trinajstić information content (AvgIpc) is 2.53. The Labute approximate surface area is 140 Å². The maximum atomic E-state index is 5.83. The molecule has 0 amide bonds. The first kappa shape index (κ1) is 17.2. The Morgan fingerprint density at radius 3 is 2.43 bits per heavy atom.